The topological polar surface area (TPSA) is 18.5 Å². The summed E-state index contributed by atoms with van der Waals surface area (Å²) in [5.41, 5.74) is 6.95. The van der Waals surface area contributed by atoms with Crippen molar-refractivity contribution in [3.05, 3.63) is 107 Å². The molecule has 0 bridgehead atoms. The molecular weight excluding hydrogens is 560 g/mol. The van der Waals surface area contributed by atoms with E-state index in [4.69, 9.17) is 9.47 Å². The number of hydrogen-bond acceptors (Lipinski definition) is 2. The van der Waals surface area contributed by atoms with Crippen LogP contribution in [0.4, 0.5) is 0 Å². The van der Waals surface area contributed by atoms with Gasteiger partial charge >= 0.3 is 0 Å². The van der Waals surface area contributed by atoms with E-state index in [9.17, 15) is 0 Å². The lowest BCUT2D eigenvalue weighted by Gasteiger charge is -2.21. The average Bonchev–Trinajstić information content (AvgIpc) is 3.09. The molecule has 3 aromatic carbocycles. The number of benzene rings is 3. The Balaban J connectivity index is 0.000000250. The van der Waals surface area contributed by atoms with Crippen molar-refractivity contribution < 1.29 is 9.47 Å². The van der Waals surface area contributed by atoms with E-state index in [1.807, 2.05) is 6.07 Å². The van der Waals surface area contributed by atoms with E-state index in [2.05, 4.69) is 86.6 Å². The normalized spacial score (nSPS) is 13.3. The van der Waals surface area contributed by atoms with E-state index in [-0.39, 0.29) is 0 Å². The van der Waals surface area contributed by atoms with Crippen LogP contribution in [0, 0.1) is 19.8 Å². The second-order valence-corrected chi connectivity index (χ2v) is 13.8. The van der Waals surface area contributed by atoms with Gasteiger partial charge in [-0.25, -0.2) is 0 Å². The van der Waals surface area contributed by atoms with Crippen LogP contribution < -0.4 is 0 Å². The molecule has 0 radical (unpaired) electrons. The summed E-state index contributed by atoms with van der Waals surface area (Å²) in [5.74, 6) is 0.866. The quantitative estimate of drug-likeness (QED) is 0.103. The number of rotatable bonds is 22. The van der Waals surface area contributed by atoms with Gasteiger partial charge in [-0.1, -0.05) is 161 Å². The zero-order chi connectivity index (χ0) is 32.3. The number of unbranched alkanes of at least 4 members (excludes halogenated alkanes) is 10. The minimum atomic E-state index is 0.747. The SMILES string of the molecule is Cc1ccc(CCCCCCCCOCC2CCCCC2)cc1.Cc1ccc(CCCCCCCCOCc2ccccc2)cc1. The summed E-state index contributed by atoms with van der Waals surface area (Å²) in [7, 11) is 0. The fourth-order valence-electron chi connectivity index (χ4n) is 6.36. The largest absolute Gasteiger partial charge is 0.381 e. The maximum atomic E-state index is 5.87. The van der Waals surface area contributed by atoms with Gasteiger partial charge in [0.1, 0.15) is 0 Å². The molecule has 46 heavy (non-hydrogen) atoms. The van der Waals surface area contributed by atoms with Crippen molar-refractivity contribution in [1.82, 2.24) is 0 Å². The van der Waals surface area contributed by atoms with Crippen molar-refractivity contribution in [2.45, 2.75) is 142 Å². The van der Waals surface area contributed by atoms with Crippen LogP contribution in [0.1, 0.15) is 137 Å². The molecule has 0 spiro atoms. The summed E-state index contributed by atoms with van der Waals surface area (Å²) in [4.78, 5) is 0. The molecule has 1 aliphatic carbocycles. The molecule has 0 aliphatic heterocycles. The van der Waals surface area contributed by atoms with E-state index < -0.39 is 0 Å². The third-order valence-corrected chi connectivity index (χ3v) is 9.44. The molecule has 1 saturated carbocycles. The lowest BCUT2D eigenvalue weighted by atomic mass is 9.90. The van der Waals surface area contributed by atoms with E-state index in [1.165, 1.54) is 150 Å². The van der Waals surface area contributed by atoms with Crippen molar-refractivity contribution in [3.8, 4) is 0 Å². The fraction of sp³-hybridized carbons (Fsp3) is 0.591. The molecule has 3 aromatic rings. The van der Waals surface area contributed by atoms with E-state index >= 15 is 0 Å². The highest BCUT2D eigenvalue weighted by molar-refractivity contribution is 5.22. The lowest BCUT2D eigenvalue weighted by molar-refractivity contribution is 0.0824. The second-order valence-electron chi connectivity index (χ2n) is 13.8. The highest BCUT2D eigenvalue weighted by Gasteiger charge is 2.12. The second kappa shape index (κ2) is 25.6. The molecule has 0 saturated heterocycles. The monoisotopic (exact) mass is 627 g/mol. The van der Waals surface area contributed by atoms with Gasteiger partial charge in [0.15, 0.2) is 0 Å². The highest BCUT2D eigenvalue weighted by atomic mass is 16.5. The van der Waals surface area contributed by atoms with Crippen LogP contribution in [0.25, 0.3) is 0 Å². The number of hydrogen-bond donors (Lipinski definition) is 0. The molecule has 0 unspecified atom stereocenters. The highest BCUT2D eigenvalue weighted by Crippen LogP contribution is 2.23. The Bertz CT molecular complexity index is 1080. The van der Waals surface area contributed by atoms with Gasteiger partial charge in [-0.3, -0.25) is 0 Å². The Hall–Kier alpha value is -2.42. The van der Waals surface area contributed by atoms with Crippen LogP contribution in [-0.2, 0) is 28.9 Å². The van der Waals surface area contributed by atoms with Gasteiger partial charge in [0, 0.05) is 19.8 Å². The first kappa shape index (κ1) is 38.0. The maximum Gasteiger partial charge on any atom is 0.0716 e. The Labute approximate surface area is 283 Å². The smallest absolute Gasteiger partial charge is 0.0716 e. The first-order valence-electron chi connectivity index (χ1n) is 19.0. The maximum absolute atomic E-state index is 5.87. The summed E-state index contributed by atoms with van der Waals surface area (Å²) >= 11 is 0. The van der Waals surface area contributed by atoms with E-state index in [0.717, 1.165) is 32.3 Å². The van der Waals surface area contributed by atoms with Crippen molar-refractivity contribution in [1.29, 1.82) is 0 Å². The van der Waals surface area contributed by atoms with Crippen LogP contribution >= 0.6 is 0 Å². The van der Waals surface area contributed by atoms with Crippen LogP contribution in [-0.4, -0.2) is 19.8 Å². The predicted octanol–water partition coefficient (Wildman–Crippen LogP) is 12.6. The van der Waals surface area contributed by atoms with Gasteiger partial charge < -0.3 is 9.47 Å². The number of ether oxygens (including phenoxy) is 2. The van der Waals surface area contributed by atoms with Gasteiger partial charge in [-0.05, 0) is 87.8 Å². The van der Waals surface area contributed by atoms with E-state index in [1.54, 1.807) is 0 Å². The molecule has 2 heteroatoms. The summed E-state index contributed by atoms with van der Waals surface area (Å²) < 4.78 is 11.6. The molecule has 0 aromatic heterocycles. The lowest BCUT2D eigenvalue weighted by Crippen LogP contribution is -2.13. The fourth-order valence-corrected chi connectivity index (χ4v) is 6.36. The van der Waals surface area contributed by atoms with Crippen molar-refractivity contribution in [3.63, 3.8) is 0 Å². The Morgan fingerprint density at radius 3 is 1.43 bits per heavy atom. The molecule has 0 atom stereocenters. The number of aryl methyl sites for hydroxylation is 4. The minimum Gasteiger partial charge on any atom is -0.381 e. The summed E-state index contributed by atoms with van der Waals surface area (Å²) in [6.45, 7) is 7.95. The molecular formula is C44H66O2. The molecule has 254 valence electrons. The van der Waals surface area contributed by atoms with Crippen LogP contribution in [0.3, 0.4) is 0 Å². The molecule has 1 aliphatic rings. The van der Waals surface area contributed by atoms with Gasteiger partial charge in [0.05, 0.1) is 6.61 Å². The van der Waals surface area contributed by atoms with Crippen LogP contribution in [0.15, 0.2) is 78.9 Å². The Kier molecular flexibility index (Phi) is 21.2. The van der Waals surface area contributed by atoms with Gasteiger partial charge in [0.25, 0.3) is 0 Å². The van der Waals surface area contributed by atoms with E-state index in [0.29, 0.717) is 0 Å². The summed E-state index contributed by atoms with van der Waals surface area (Å²) in [5, 5.41) is 0. The van der Waals surface area contributed by atoms with Crippen molar-refractivity contribution >= 4 is 0 Å². The van der Waals surface area contributed by atoms with Crippen molar-refractivity contribution in [2.24, 2.45) is 5.92 Å². The minimum absolute atomic E-state index is 0.747. The Morgan fingerprint density at radius 1 is 0.457 bits per heavy atom. The van der Waals surface area contributed by atoms with Crippen LogP contribution in [0.5, 0.6) is 0 Å². The summed E-state index contributed by atoms with van der Waals surface area (Å²) in [6, 6.07) is 28.4. The molecule has 0 heterocycles. The van der Waals surface area contributed by atoms with Crippen LogP contribution in [0.2, 0.25) is 0 Å². The Morgan fingerprint density at radius 2 is 0.913 bits per heavy atom. The summed E-state index contributed by atoms with van der Waals surface area (Å²) in [6.07, 6.45) is 25.5. The van der Waals surface area contributed by atoms with Gasteiger partial charge in [-0.15, -0.1) is 0 Å². The molecule has 1 fully saturated rings. The molecule has 0 N–H and O–H groups in total. The first-order valence-corrected chi connectivity index (χ1v) is 19.0. The third-order valence-electron chi connectivity index (χ3n) is 9.44. The standard InChI is InChI=1S/C22H36O.C22H30O/c2*1-20-14-16-21(17-15-20)11-7-4-2-3-5-10-18-23-19-22-12-8-6-9-13-22/h14-17,22H,2-13,18-19H2,1H3;6,8-9,12-17H,2-5,7,10-11,18-19H2,1H3. The molecule has 0 amide bonds. The average molecular weight is 627 g/mol. The van der Waals surface area contributed by atoms with Crippen molar-refractivity contribution in [2.75, 3.05) is 19.8 Å². The third kappa shape index (κ3) is 19.3. The van der Waals surface area contributed by atoms with Gasteiger partial charge in [0.2, 0.25) is 0 Å². The first-order chi connectivity index (χ1) is 22.7. The van der Waals surface area contributed by atoms with Gasteiger partial charge in [-0.2, -0.15) is 0 Å². The molecule has 4 rings (SSSR count). The molecule has 2 nitrogen and oxygen atoms in total. The zero-order valence-corrected chi connectivity index (χ0v) is 29.7. The predicted molar refractivity (Wildman–Crippen MR) is 199 cm³/mol. The zero-order valence-electron chi connectivity index (χ0n) is 29.7.